The number of rotatable bonds is 8. The van der Waals surface area contributed by atoms with Crippen LogP contribution in [0.3, 0.4) is 0 Å². The zero-order valence-corrected chi connectivity index (χ0v) is 17.5. The van der Waals surface area contributed by atoms with Gasteiger partial charge in [-0.3, -0.25) is 9.59 Å². The molecular formula is C23H24F4N2O3. The smallest absolute Gasteiger partial charge is 0.416 e. The van der Waals surface area contributed by atoms with E-state index >= 15 is 0 Å². The lowest BCUT2D eigenvalue weighted by Crippen LogP contribution is -2.44. The summed E-state index contributed by atoms with van der Waals surface area (Å²) >= 11 is 0. The number of ether oxygens (including phenoxy) is 1. The minimum Gasteiger partial charge on any atom is -0.497 e. The lowest BCUT2D eigenvalue weighted by molar-refractivity contribution is -0.137. The molecule has 172 valence electrons. The number of carbonyl (C=O) groups is 2. The summed E-state index contributed by atoms with van der Waals surface area (Å²) in [7, 11) is 1.57. The van der Waals surface area contributed by atoms with Crippen LogP contribution in [-0.2, 0) is 28.7 Å². The Morgan fingerprint density at radius 1 is 1.19 bits per heavy atom. The number of alkyl halides is 3. The average molecular weight is 452 g/mol. The molecule has 9 heteroatoms. The fraction of sp³-hybridized carbons (Fsp3) is 0.391. The number of carbonyl (C=O) groups excluding carboxylic acids is 2. The summed E-state index contributed by atoms with van der Waals surface area (Å²) in [6.45, 7) is -0.222. The van der Waals surface area contributed by atoms with Crippen LogP contribution in [0.2, 0.25) is 0 Å². The van der Waals surface area contributed by atoms with Gasteiger partial charge in [0.25, 0.3) is 0 Å². The highest BCUT2D eigenvalue weighted by Crippen LogP contribution is 2.31. The molecule has 0 saturated carbocycles. The van der Waals surface area contributed by atoms with Crippen LogP contribution in [0.15, 0.2) is 42.5 Å². The number of amides is 2. The number of hydrogen-bond donors (Lipinski definition) is 2. The third-order valence-electron chi connectivity index (χ3n) is 5.62. The number of benzene rings is 2. The summed E-state index contributed by atoms with van der Waals surface area (Å²) in [5.41, 5.74) is -0.695. The largest absolute Gasteiger partial charge is 0.497 e. The number of nitrogens with one attached hydrogen (secondary N) is 2. The van der Waals surface area contributed by atoms with Crippen LogP contribution in [0, 0.1) is 5.82 Å². The molecule has 0 unspecified atom stereocenters. The van der Waals surface area contributed by atoms with E-state index in [0.29, 0.717) is 37.5 Å². The molecule has 2 aromatic rings. The summed E-state index contributed by atoms with van der Waals surface area (Å²) in [5.74, 6) is -0.766. The van der Waals surface area contributed by atoms with Gasteiger partial charge in [0.1, 0.15) is 11.6 Å². The van der Waals surface area contributed by atoms with Crippen molar-refractivity contribution in [2.75, 3.05) is 7.11 Å². The maximum Gasteiger partial charge on any atom is 0.416 e. The Morgan fingerprint density at radius 3 is 2.47 bits per heavy atom. The van der Waals surface area contributed by atoms with Crippen molar-refractivity contribution in [2.45, 2.75) is 50.4 Å². The van der Waals surface area contributed by atoms with Crippen molar-refractivity contribution in [2.24, 2.45) is 0 Å². The molecule has 1 saturated heterocycles. The summed E-state index contributed by atoms with van der Waals surface area (Å²) in [4.78, 5) is 24.2. The fourth-order valence-corrected chi connectivity index (χ4v) is 3.82. The van der Waals surface area contributed by atoms with Crippen LogP contribution in [0.1, 0.15) is 42.4 Å². The monoisotopic (exact) mass is 452 g/mol. The number of methoxy groups -OCH3 is 1. The van der Waals surface area contributed by atoms with Gasteiger partial charge in [0.15, 0.2) is 0 Å². The van der Waals surface area contributed by atoms with E-state index < -0.39 is 23.1 Å². The Hall–Kier alpha value is -3.10. The van der Waals surface area contributed by atoms with E-state index in [-0.39, 0.29) is 30.3 Å². The zero-order chi connectivity index (χ0) is 23.4. The molecule has 1 aliphatic heterocycles. The molecule has 1 fully saturated rings. The Labute approximate surface area is 183 Å². The summed E-state index contributed by atoms with van der Waals surface area (Å²) in [6.07, 6.45) is -2.67. The minimum atomic E-state index is -4.63. The maximum atomic E-state index is 14.0. The maximum absolute atomic E-state index is 14.0. The molecule has 0 aliphatic carbocycles. The zero-order valence-electron chi connectivity index (χ0n) is 17.5. The highest BCUT2D eigenvalue weighted by atomic mass is 19.4. The lowest BCUT2D eigenvalue weighted by Gasteiger charge is -2.29. The van der Waals surface area contributed by atoms with Gasteiger partial charge in [-0.15, -0.1) is 0 Å². The van der Waals surface area contributed by atoms with Gasteiger partial charge in [-0.25, -0.2) is 4.39 Å². The highest BCUT2D eigenvalue weighted by Gasteiger charge is 2.38. The first-order chi connectivity index (χ1) is 15.1. The van der Waals surface area contributed by atoms with E-state index in [0.717, 1.165) is 17.7 Å². The third kappa shape index (κ3) is 5.99. The van der Waals surface area contributed by atoms with E-state index in [1.165, 1.54) is 0 Å². The Morgan fingerprint density at radius 2 is 1.91 bits per heavy atom. The molecule has 1 aliphatic rings. The predicted molar refractivity (Wildman–Crippen MR) is 109 cm³/mol. The average Bonchev–Trinajstić information content (AvgIpc) is 3.11. The Kier molecular flexibility index (Phi) is 7.06. The first kappa shape index (κ1) is 23.6. The van der Waals surface area contributed by atoms with Gasteiger partial charge in [0.05, 0.1) is 12.7 Å². The molecule has 32 heavy (non-hydrogen) atoms. The van der Waals surface area contributed by atoms with Gasteiger partial charge in [-0.1, -0.05) is 18.2 Å². The van der Waals surface area contributed by atoms with Crippen molar-refractivity contribution < 1.29 is 31.9 Å². The Balaban J connectivity index is 1.58. The van der Waals surface area contributed by atoms with Crippen LogP contribution in [0.4, 0.5) is 17.6 Å². The fourth-order valence-electron chi connectivity index (χ4n) is 3.82. The molecule has 1 heterocycles. The summed E-state index contributed by atoms with van der Waals surface area (Å²) in [6, 6.07) is 9.66. The van der Waals surface area contributed by atoms with Crippen molar-refractivity contribution in [3.05, 3.63) is 65.0 Å². The second kappa shape index (κ2) is 9.58. The molecular weight excluding hydrogens is 428 g/mol. The SMILES string of the molecule is COc1ccc(C[C@]2(CCC(=O)NCc3ccc(C(F)(F)F)cc3F)CCC(=O)N2)cc1. The van der Waals surface area contributed by atoms with Gasteiger partial charge in [-0.05, 0) is 49.1 Å². The van der Waals surface area contributed by atoms with Crippen molar-refractivity contribution in [3.8, 4) is 5.75 Å². The van der Waals surface area contributed by atoms with Crippen molar-refractivity contribution in [1.29, 1.82) is 0 Å². The lowest BCUT2D eigenvalue weighted by atomic mass is 9.85. The van der Waals surface area contributed by atoms with Gasteiger partial charge in [0, 0.05) is 30.5 Å². The van der Waals surface area contributed by atoms with Crippen LogP contribution >= 0.6 is 0 Å². The number of hydrogen-bond acceptors (Lipinski definition) is 3. The third-order valence-corrected chi connectivity index (χ3v) is 5.62. The van der Waals surface area contributed by atoms with Crippen molar-refractivity contribution >= 4 is 11.8 Å². The van der Waals surface area contributed by atoms with E-state index in [4.69, 9.17) is 4.74 Å². The number of halogens is 4. The molecule has 2 aromatic carbocycles. The van der Waals surface area contributed by atoms with Gasteiger partial charge in [0.2, 0.25) is 11.8 Å². The topological polar surface area (TPSA) is 67.4 Å². The van der Waals surface area contributed by atoms with Gasteiger partial charge >= 0.3 is 6.18 Å². The molecule has 2 amide bonds. The molecule has 5 nitrogen and oxygen atoms in total. The second-order valence-electron chi connectivity index (χ2n) is 7.93. The van der Waals surface area contributed by atoms with Gasteiger partial charge < -0.3 is 15.4 Å². The first-order valence-corrected chi connectivity index (χ1v) is 10.2. The van der Waals surface area contributed by atoms with Crippen LogP contribution < -0.4 is 15.4 Å². The van der Waals surface area contributed by atoms with Crippen molar-refractivity contribution in [1.82, 2.24) is 10.6 Å². The van der Waals surface area contributed by atoms with E-state index in [9.17, 15) is 27.2 Å². The standard InChI is InChI=1S/C23H24F4N2O3/c1-32-18-6-2-15(3-7-18)13-22(11-9-21(31)29-22)10-8-20(30)28-14-16-4-5-17(12-19(16)24)23(25,26)27/h2-7,12H,8-11,13-14H2,1H3,(H,28,30)(H,29,31)/t22-/m0/s1. The molecule has 0 spiro atoms. The summed E-state index contributed by atoms with van der Waals surface area (Å²) < 4.78 is 57.0. The van der Waals surface area contributed by atoms with E-state index in [1.54, 1.807) is 7.11 Å². The Bertz CT molecular complexity index is 976. The first-order valence-electron chi connectivity index (χ1n) is 10.2. The van der Waals surface area contributed by atoms with E-state index in [2.05, 4.69) is 10.6 Å². The molecule has 0 aromatic heterocycles. The van der Waals surface area contributed by atoms with Crippen LogP contribution in [0.5, 0.6) is 5.75 Å². The molecule has 1 atom stereocenters. The quantitative estimate of drug-likeness (QED) is 0.592. The molecule has 3 rings (SSSR count). The molecule has 0 radical (unpaired) electrons. The minimum absolute atomic E-state index is 0.0338. The van der Waals surface area contributed by atoms with Gasteiger partial charge in [-0.2, -0.15) is 13.2 Å². The molecule has 2 N–H and O–H groups in total. The molecule has 0 bridgehead atoms. The van der Waals surface area contributed by atoms with Crippen LogP contribution in [-0.4, -0.2) is 24.5 Å². The second-order valence-corrected chi connectivity index (χ2v) is 7.93. The van der Waals surface area contributed by atoms with Crippen molar-refractivity contribution in [3.63, 3.8) is 0 Å². The highest BCUT2D eigenvalue weighted by molar-refractivity contribution is 5.80. The predicted octanol–water partition coefficient (Wildman–Crippen LogP) is 4.14. The van der Waals surface area contributed by atoms with Crippen LogP contribution in [0.25, 0.3) is 0 Å². The normalized spacial score (nSPS) is 18.3. The van der Waals surface area contributed by atoms with E-state index in [1.807, 2.05) is 24.3 Å². The summed E-state index contributed by atoms with van der Waals surface area (Å²) in [5, 5.41) is 5.53.